The molecule has 2 heterocycles. The molecular weight excluding hydrogens is 492 g/mol. The van der Waals surface area contributed by atoms with E-state index in [2.05, 4.69) is 15.5 Å². The predicted molar refractivity (Wildman–Crippen MR) is 139 cm³/mol. The molecule has 2 amide bonds. The van der Waals surface area contributed by atoms with Gasteiger partial charge in [0.25, 0.3) is 5.91 Å². The lowest BCUT2D eigenvalue weighted by Gasteiger charge is -2.35. The molecule has 38 heavy (non-hydrogen) atoms. The summed E-state index contributed by atoms with van der Waals surface area (Å²) in [5.74, 6) is -0.352. The summed E-state index contributed by atoms with van der Waals surface area (Å²) >= 11 is 0. The minimum absolute atomic E-state index is 0.0905. The van der Waals surface area contributed by atoms with Crippen LogP contribution in [0.3, 0.4) is 0 Å². The van der Waals surface area contributed by atoms with E-state index in [9.17, 15) is 14.4 Å². The SMILES string of the molecule is CCOC(=O)C(Nc1cccc(C(=N)N)c1)C(=O)NCC(=O)N1CCN(Cc2ccc3c(c2)OCO3)CC1. The van der Waals surface area contributed by atoms with Crippen molar-refractivity contribution in [3.63, 3.8) is 0 Å². The van der Waals surface area contributed by atoms with Crippen LogP contribution in [0.25, 0.3) is 0 Å². The summed E-state index contributed by atoms with van der Waals surface area (Å²) in [5, 5.41) is 13.0. The molecule has 1 atom stereocenters. The zero-order valence-electron chi connectivity index (χ0n) is 21.2. The average molecular weight is 525 g/mol. The van der Waals surface area contributed by atoms with E-state index in [4.69, 9.17) is 25.4 Å². The lowest BCUT2D eigenvalue weighted by molar-refractivity contribution is -0.147. The van der Waals surface area contributed by atoms with Gasteiger partial charge in [0.15, 0.2) is 11.5 Å². The van der Waals surface area contributed by atoms with Crippen LogP contribution in [-0.2, 0) is 25.7 Å². The second-order valence-electron chi connectivity index (χ2n) is 8.89. The lowest BCUT2D eigenvalue weighted by Crippen LogP contribution is -2.53. The molecule has 202 valence electrons. The van der Waals surface area contributed by atoms with Crippen LogP contribution in [0.4, 0.5) is 5.69 Å². The largest absolute Gasteiger partial charge is 0.464 e. The van der Waals surface area contributed by atoms with Gasteiger partial charge in [-0.3, -0.25) is 19.9 Å². The zero-order valence-corrected chi connectivity index (χ0v) is 21.2. The van der Waals surface area contributed by atoms with Gasteiger partial charge in [0.2, 0.25) is 18.7 Å². The molecule has 2 aromatic carbocycles. The quantitative estimate of drug-likeness (QED) is 0.150. The molecule has 0 spiro atoms. The van der Waals surface area contributed by atoms with Crippen molar-refractivity contribution in [2.45, 2.75) is 19.5 Å². The summed E-state index contributed by atoms with van der Waals surface area (Å²) in [6.07, 6.45) is 0. The summed E-state index contributed by atoms with van der Waals surface area (Å²) in [5.41, 5.74) is 7.48. The first-order valence-corrected chi connectivity index (χ1v) is 12.4. The van der Waals surface area contributed by atoms with E-state index in [0.717, 1.165) is 23.6 Å². The van der Waals surface area contributed by atoms with Gasteiger partial charge in [0.1, 0.15) is 5.84 Å². The fraction of sp³-hybridized carbons (Fsp3) is 0.385. The Morgan fingerprint density at radius 1 is 1.08 bits per heavy atom. The van der Waals surface area contributed by atoms with Gasteiger partial charge in [0, 0.05) is 44.0 Å². The van der Waals surface area contributed by atoms with Crippen molar-refractivity contribution >= 4 is 29.3 Å². The topological polar surface area (TPSA) is 159 Å². The number of nitrogens with zero attached hydrogens (tertiary/aromatic N) is 2. The van der Waals surface area contributed by atoms with Crippen molar-refractivity contribution < 1.29 is 28.6 Å². The summed E-state index contributed by atoms with van der Waals surface area (Å²) in [7, 11) is 0. The van der Waals surface area contributed by atoms with Crippen LogP contribution in [0.2, 0.25) is 0 Å². The fourth-order valence-electron chi connectivity index (χ4n) is 4.23. The Balaban J connectivity index is 1.27. The molecule has 2 aliphatic heterocycles. The predicted octanol–water partition coefficient (Wildman–Crippen LogP) is 0.504. The highest BCUT2D eigenvalue weighted by atomic mass is 16.7. The van der Waals surface area contributed by atoms with Crippen molar-refractivity contribution in [3.8, 4) is 11.5 Å². The highest BCUT2D eigenvalue weighted by molar-refractivity contribution is 6.05. The molecule has 5 N–H and O–H groups in total. The normalized spacial score (nSPS) is 15.4. The van der Waals surface area contributed by atoms with Crippen LogP contribution in [0.15, 0.2) is 42.5 Å². The number of piperazine rings is 1. The number of fused-ring (bicyclic) bond motifs is 1. The highest BCUT2D eigenvalue weighted by Crippen LogP contribution is 2.32. The Kier molecular flexibility index (Phi) is 8.64. The number of nitrogen functional groups attached to an aromatic ring is 1. The van der Waals surface area contributed by atoms with Crippen molar-refractivity contribution in [1.29, 1.82) is 5.41 Å². The minimum Gasteiger partial charge on any atom is -0.464 e. The Labute approximate surface area is 220 Å². The number of nitrogens with two attached hydrogens (primary N) is 1. The molecule has 2 aromatic rings. The molecule has 12 heteroatoms. The van der Waals surface area contributed by atoms with E-state index in [-0.39, 0.29) is 31.7 Å². The molecule has 1 unspecified atom stereocenters. The Hall–Kier alpha value is -4.32. The van der Waals surface area contributed by atoms with E-state index >= 15 is 0 Å². The number of carbonyl (C=O) groups is 3. The molecule has 0 aromatic heterocycles. The molecule has 0 radical (unpaired) electrons. The van der Waals surface area contributed by atoms with Crippen LogP contribution in [0, 0.1) is 5.41 Å². The Morgan fingerprint density at radius 3 is 2.58 bits per heavy atom. The standard InChI is InChI=1S/C26H32N6O6/c1-2-36-26(35)23(30-19-5-3-4-18(13-19)24(27)28)25(34)29-14-22(33)32-10-8-31(9-11-32)15-17-6-7-20-21(12-17)38-16-37-20/h3-7,12-13,23,30H,2,8-11,14-16H2,1H3,(H3,27,28)(H,29,34). The maximum atomic E-state index is 12.9. The molecule has 1 fully saturated rings. The number of anilines is 1. The van der Waals surface area contributed by atoms with Gasteiger partial charge in [-0.25, -0.2) is 4.79 Å². The second-order valence-corrected chi connectivity index (χ2v) is 8.89. The number of rotatable bonds is 10. The van der Waals surface area contributed by atoms with E-state index in [1.807, 2.05) is 18.2 Å². The third kappa shape index (κ3) is 6.71. The van der Waals surface area contributed by atoms with Gasteiger partial charge in [0.05, 0.1) is 13.2 Å². The van der Waals surface area contributed by atoms with Crippen LogP contribution in [0.1, 0.15) is 18.1 Å². The average Bonchev–Trinajstić information content (AvgIpc) is 3.39. The van der Waals surface area contributed by atoms with E-state index in [1.165, 1.54) is 0 Å². The molecule has 0 bridgehead atoms. The number of hydrogen-bond donors (Lipinski definition) is 4. The summed E-state index contributed by atoms with van der Waals surface area (Å²) in [6.45, 7) is 4.87. The first kappa shape index (κ1) is 26.7. The first-order chi connectivity index (χ1) is 18.3. The van der Waals surface area contributed by atoms with Gasteiger partial charge in [-0.15, -0.1) is 0 Å². The maximum absolute atomic E-state index is 12.9. The van der Waals surface area contributed by atoms with Crippen molar-refractivity contribution in [1.82, 2.24) is 15.1 Å². The molecule has 1 saturated heterocycles. The first-order valence-electron chi connectivity index (χ1n) is 12.4. The summed E-state index contributed by atoms with van der Waals surface area (Å²) in [4.78, 5) is 42.1. The number of carbonyl (C=O) groups excluding carboxylic acids is 3. The van der Waals surface area contributed by atoms with Gasteiger partial charge in [-0.05, 0) is 36.8 Å². The van der Waals surface area contributed by atoms with Crippen LogP contribution >= 0.6 is 0 Å². The molecule has 12 nitrogen and oxygen atoms in total. The molecule has 4 rings (SSSR count). The monoisotopic (exact) mass is 524 g/mol. The number of nitrogens with one attached hydrogen (secondary N) is 3. The number of amides is 2. The number of amidine groups is 1. The van der Waals surface area contributed by atoms with Crippen LogP contribution in [0.5, 0.6) is 11.5 Å². The number of benzene rings is 2. The highest BCUT2D eigenvalue weighted by Gasteiger charge is 2.29. The van der Waals surface area contributed by atoms with E-state index in [1.54, 1.807) is 36.1 Å². The van der Waals surface area contributed by atoms with Gasteiger partial charge in [-0.2, -0.15) is 0 Å². The van der Waals surface area contributed by atoms with E-state index in [0.29, 0.717) is 37.4 Å². The maximum Gasteiger partial charge on any atom is 0.338 e. The molecule has 0 saturated carbocycles. The van der Waals surface area contributed by atoms with Crippen LogP contribution in [-0.4, -0.2) is 85.6 Å². The third-order valence-electron chi connectivity index (χ3n) is 6.25. The number of esters is 1. The summed E-state index contributed by atoms with van der Waals surface area (Å²) in [6, 6.07) is 11.0. The fourth-order valence-corrected chi connectivity index (χ4v) is 4.23. The van der Waals surface area contributed by atoms with Crippen LogP contribution < -0.4 is 25.8 Å². The second kappa shape index (κ2) is 12.3. The van der Waals surface area contributed by atoms with Gasteiger partial charge >= 0.3 is 5.97 Å². The van der Waals surface area contributed by atoms with Gasteiger partial charge < -0.3 is 35.5 Å². The van der Waals surface area contributed by atoms with Gasteiger partial charge in [-0.1, -0.05) is 18.2 Å². The van der Waals surface area contributed by atoms with Crippen molar-refractivity contribution in [2.75, 3.05) is 51.4 Å². The minimum atomic E-state index is -1.37. The van der Waals surface area contributed by atoms with Crippen molar-refractivity contribution in [3.05, 3.63) is 53.6 Å². The number of ether oxygens (including phenoxy) is 3. The third-order valence-corrected chi connectivity index (χ3v) is 6.25. The Morgan fingerprint density at radius 2 is 1.84 bits per heavy atom. The zero-order chi connectivity index (χ0) is 27.1. The van der Waals surface area contributed by atoms with E-state index < -0.39 is 17.9 Å². The summed E-state index contributed by atoms with van der Waals surface area (Å²) < 4.78 is 15.8. The molecular formula is C26H32N6O6. The Bertz CT molecular complexity index is 1200. The molecule has 2 aliphatic rings. The smallest absolute Gasteiger partial charge is 0.338 e. The number of hydrogen-bond acceptors (Lipinski definition) is 9. The van der Waals surface area contributed by atoms with Crippen molar-refractivity contribution in [2.24, 2.45) is 5.73 Å². The molecule has 0 aliphatic carbocycles. The lowest BCUT2D eigenvalue weighted by atomic mass is 10.1.